The lowest BCUT2D eigenvalue weighted by Gasteiger charge is -2.34. The van der Waals surface area contributed by atoms with E-state index in [1.54, 1.807) is 6.92 Å². The van der Waals surface area contributed by atoms with Crippen LogP contribution in [0.15, 0.2) is 34.4 Å². The number of carbonyl (C=O) groups is 2. The summed E-state index contributed by atoms with van der Waals surface area (Å²) in [6.07, 6.45) is 3.54. The summed E-state index contributed by atoms with van der Waals surface area (Å²) >= 11 is 0. The number of nitrogens with zero attached hydrogens (tertiary/aromatic N) is 1. The first-order chi connectivity index (χ1) is 11.7. The molecule has 0 fully saturated rings. The largest absolute Gasteiger partial charge is 0.489 e. The monoisotopic (exact) mass is 349 g/mol. The van der Waals surface area contributed by atoms with Crippen molar-refractivity contribution in [3.05, 3.63) is 34.4 Å². The van der Waals surface area contributed by atoms with Crippen LogP contribution in [0.3, 0.4) is 0 Å². The molecule has 1 atom stereocenters. The molecule has 0 heterocycles. The molecule has 1 rings (SSSR count). The highest BCUT2D eigenvalue weighted by molar-refractivity contribution is 6.23. The molecule has 5 heteroatoms. The molecule has 0 bridgehead atoms. The number of ether oxygens (including phenoxy) is 2. The van der Waals surface area contributed by atoms with E-state index in [2.05, 4.69) is 24.8 Å². The van der Waals surface area contributed by atoms with Gasteiger partial charge in [-0.2, -0.15) is 0 Å². The van der Waals surface area contributed by atoms with E-state index in [9.17, 15) is 9.59 Å². The first-order valence-corrected chi connectivity index (χ1v) is 8.69. The van der Waals surface area contributed by atoms with Crippen LogP contribution in [-0.4, -0.2) is 44.3 Å². The Kier molecular flexibility index (Phi) is 7.03. The summed E-state index contributed by atoms with van der Waals surface area (Å²) in [6, 6.07) is 0. The van der Waals surface area contributed by atoms with Gasteiger partial charge in [0.2, 0.25) is 23.1 Å². The molecule has 0 aliphatic heterocycles. The zero-order valence-electron chi connectivity index (χ0n) is 16.8. The zero-order valence-corrected chi connectivity index (χ0v) is 16.8. The van der Waals surface area contributed by atoms with E-state index in [0.717, 1.165) is 18.7 Å². The van der Waals surface area contributed by atoms with Gasteiger partial charge >= 0.3 is 0 Å². The van der Waals surface area contributed by atoms with Gasteiger partial charge in [-0.25, -0.2) is 0 Å². The normalized spacial score (nSPS) is 18.5. The van der Waals surface area contributed by atoms with Crippen LogP contribution in [0.25, 0.3) is 0 Å². The number of allylic oxidation sites excluding steroid dienone is 4. The van der Waals surface area contributed by atoms with Crippen molar-refractivity contribution in [3.63, 3.8) is 0 Å². The van der Waals surface area contributed by atoms with Crippen molar-refractivity contribution in [2.24, 2.45) is 5.41 Å². The van der Waals surface area contributed by atoms with Crippen LogP contribution in [0.2, 0.25) is 0 Å². The van der Waals surface area contributed by atoms with E-state index in [0.29, 0.717) is 17.6 Å². The average molecular weight is 349 g/mol. The van der Waals surface area contributed by atoms with Crippen LogP contribution in [0.4, 0.5) is 0 Å². The molecular formula is C20H31NO4. The van der Waals surface area contributed by atoms with Gasteiger partial charge in [0.15, 0.2) is 0 Å². The second-order valence-corrected chi connectivity index (χ2v) is 6.70. The lowest BCUT2D eigenvalue weighted by molar-refractivity contribution is -0.122. The van der Waals surface area contributed by atoms with E-state index in [-0.39, 0.29) is 23.1 Å². The summed E-state index contributed by atoms with van der Waals surface area (Å²) in [6.45, 7) is 10.8. The Morgan fingerprint density at radius 1 is 1.12 bits per heavy atom. The topological polar surface area (TPSA) is 55.8 Å². The van der Waals surface area contributed by atoms with E-state index in [4.69, 9.17) is 9.47 Å². The Morgan fingerprint density at radius 2 is 1.64 bits per heavy atom. The number of hydrogen-bond donors (Lipinski definition) is 0. The van der Waals surface area contributed by atoms with Gasteiger partial charge in [0.05, 0.1) is 14.2 Å². The van der Waals surface area contributed by atoms with Crippen molar-refractivity contribution in [2.45, 2.75) is 47.5 Å². The van der Waals surface area contributed by atoms with Crippen molar-refractivity contribution in [2.75, 3.05) is 27.8 Å². The third-order valence-electron chi connectivity index (χ3n) is 5.28. The summed E-state index contributed by atoms with van der Waals surface area (Å²) in [5.41, 5.74) is 1.67. The standard InChI is InChI=1S/C20H31NO4/c1-9-20(5,12-11-13(3)21(6)10-2)15-14(4)16(22)18(24-7)19(25-8)17(15)23/h11H,9-10,12H2,1-8H3/b13-11+. The first-order valence-electron chi connectivity index (χ1n) is 8.69. The Labute approximate surface area is 151 Å². The summed E-state index contributed by atoms with van der Waals surface area (Å²) in [4.78, 5) is 27.8. The molecule has 140 valence electrons. The molecule has 1 unspecified atom stereocenters. The van der Waals surface area contributed by atoms with Crippen molar-refractivity contribution in [1.29, 1.82) is 0 Å². The lowest BCUT2D eigenvalue weighted by Crippen LogP contribution is -2.33. The molecule has 0 saturated heterocycles. The van der Waals surface area contributed by atoms with Crippen LogP contribution in [0.1, 0.15) is 47.5 Å². The molecule has 25 heavy (non-hydrogen) atoms. The second kappa shape index (κ2) is 8.37. The number of ketones is 2. The minimum atomic E-state index is -0.449. The molecule has 0 aromatic carbocycles. The second-order valence-electron chi connectivity index (χ2n) is 6.70. The van der Waals surface area contributed by atoms with Crippen molar-refractivity contribution in [1.82, 2.24) is 4.90 Å². The van der Waals surface area contributed by atoms with Gasteiger partial charge in [-0.15, -0.1) is 0 Å². The summed E-state index contributed by atoms with van der Waals surface area (Å²) in [7, 11) is 4.80. The van der Waals surface area contributed by atoms with Crippen LogP contribution in [-0.2, 0) is 19.1 Å². The number of methoxy groups -OCH3 is 2. The maximum absolute atomic E-state index is 13.0. The van der Waals surface area contributed by atoms with E-state index in [1.165, 1.54) is 14.2 Å². The zero-order chi connectivity index (χ0) is 19.4. The lowest BCUT2D eigenvalue weighted by atomic mass is 9.70. The first kappa shape index (κ1) is 21.0. The van der Waals surface area contributed by atoms with Gasteiger partial charge in [-0.05, 0) is 33.6 Å². The highest BCUT2D eigenvalue weighted by atomic mass is 16.5. The number of Topliss-reactive ketones (excluding diaryl/α,β-unsaturated/α-hetero) is 2. The summed E-state index contributed by atoms with van der Waals surface area (Å²) in [5.74, 6) is -0.542. The van der Waals surface area contributed by atoms with Gasteiger partial charge in [0, 0.05) is 35.9 Å². The highest BCUT2D eigenvalue weighted by Gasteiger charge is 2.42. The molecule has 0 spiro atoms. The fraction of sp³-hybridized carbons (Fsp3) is 0.600. The van der Waals surface area contributed by atoms with E-state index < -0.39 is 5.41 Å². The molecule has 0 aromatic heterocycles. The molecule has 5 nitrogen and oxygen atoms in total. The fourth-order valence-electron chi connectivity index (χ4n) is 3.07. The van der Waals surface area contributed by atoms with Gasteiger partial charge in [0.1, 0.15) is 0 Å². The smallest absolute Gasteiger partial charge is 0.228 e. The molecule has 0 N–H and O–H groups in total. The van der Waals surface area contributed by atoms with Gasteiger partial charge in [-0.3, -0.25) is 9.59 Å². The Balaban J connectivity index is 3.36. The van der Waals surface area contributed by atoms with E-state index >= 15 is 0 Å². The Bertz CT molecular complexity index is 642. The Morgan fingerprint density at radius 3 is 2.08 bits per heavy atom. The molecule has 0 amide bonds. The third-order valence-corrected chi connectivity index (χ3v) is 5.28. The van der Waals surface area contributed by atoms with Crippen molar-refractivity contribution < 1.29 is 19.1 Å². The Hall–Kier alpha value is -2.04. The molecule has 0 radical (unpaired) electrons. The summed E-state index contributed by atoms with van der Waals surface area (Å²) < 4.78 is 10.3. The number of rotatable bonds is 8. The van der Waals surface area contributed by atoms with Crippen molar-refractivity contribution >= 4 is 11.6 Å². The molecule has 0 saturated carbocycles. The molecule has 1 aliphatic rings. The molecular weight excluding hydrogens is 318 g/mol. The predicted octanol–water partition coefficient (Wildman–Crippen LogP) is 3.62. The minimum Gasteiger partial charge on any atom is -0.489 e. The van der Waals surface area contributed by atoms with Crippen LogP contribution in [0.5, 0.6) is 0 Å². The SMILES string of the molecule is CCN(C)/C(C)=C/CC(C)(CC)C1=C(C)C(=O)C(OC)=C(OC)C1=O. The van der Waals surface area contributed by atoms with Crippen molar-refractivity contribution in [3.8, 4) is 0 Å². The number of carbonyl (C=O) groups excluding carboxylic acids is 2. The molecule has 0 aromatic rings. The highest BCUT2D eigenvalue weighted by Crippen LogP contribution is 2.42. The van der Waals surface area contributed by atoms with Crippen LogP contribution in [0, 0.1) is 5.41 Å². The van der Waals surface area contributed by atoms with Gasteiger partial charge < -0.3 is 14.4 Å². The fourth-order valence-corrected chi connectivity index (χ4v) is 3.07. The maximum Gasteiger partial charge on any atom is 0.228 e. The van der Waals surface area contributed by atoms with Gasteiger partial charge in [-0.1, -0.05) is 19.9 Å². The maximum atomic E-state index is 13.0. The van der Waals surface area contributed by atoms with Crippen LogP contribution < -0.4 is 0 Å². The molecule has 1 aliphatic carbocycles. The van der Waals surface area contributed by atoms with Gasteiger partial charge in [0.25, 0.3) is 0 Å². The summed E-state index contributed by atoms with van der Waals surface area (Å²) in [5, 5.41) is 0. The minimum absolute atomic E-state index is 0.000784. The quantitative estimate of drug-likeness (QED) is 0.627. The van der Waals surface area contributed by atoms with Crippen LogP contribution >= 0.6 is 0 Å². The number of hydrogen-bond acceptors (Lipinski definition) is 5. The third kappa shape index (κ3) is 3.97. The van der Waals surface area contributed by atoms with E-state index in [1.807, 2.05) is 20.9 Å². The average Bonchev–Trinajstić information content (AvgIpc) is 2.61. The predicted molar refractivity (Wildman–Crippen MR) is 98.8 cm³/mol.